The molecule has 0 aliphatic carbocycles. The summed E-state index contributed by atoms with van der Waals surface area (Å²) in [5, 5.41) is 4.38. The van der Waals surface area contributed by atoms with Crippen molar-refractivity contribution in [1.82, 2.24) is 14.1 Å². The maximum Gasteiger partial charge on any atom is 0.316 e. The van der Waals surface area contributed by atoms with Gasteiger partial charge in [0.15, 0.2) is 0 Å². The molecule has 2 aromatic carbocycles. The minimum Gasteiger partial charge on any atom is -0.481 e. The van der Waals surface area contributed by atoms with E-state index in [0.29, 0.717) is 50.8 Å². The third kappa shape index (κ3) is 6.27. The van der Waals surface area contributed by atoms with Gasteiger partial charge < -0.3 is 14.4 Å². The highest BCUT2D eigenvalue weighted by Gasteiger charge is 2.27. The van der Waals surface area contributed by atoms with Crippen LogP contribution in [0.2, 0.25) is 0 Å². The number of nitrogens with zero attached hydrogens (tertiary/aromatic N) is 4. The Morgan fingerprint density at radius 1 is 0.971 bits per heavy atom. The Balaban J connectivity index is 1.55. The second-order valence-electron chi connectivity index (χ2n) is 8.49. The largest absolute Gasteiger partial charge is 0.481 e. The van der Waals surface area contributed by atoms with E-state index in [1.165, 1.54) is 15.2 Å². The highest BCUT2D eigenvalue weighted by molar-refractivity contribution is 7.88. The van der Waals surface area contributed by atoms with Crippen LogP contribution in [0, 0.1) is 0 Å². The maximum absolute atomic E-state index is 13.5. The van der Waals surface area contributed by atoms with Crippen molar-refractivity contribution in [3.63, 3.8) is 0 Å². The summed E-state index contributed by atoms with van der Waals surface area (Å²) >= 11 is 0. The Morgan fingerprint density at radius 3 is 2.23 bits per heavy atom. The van der Waals surface area contributed by atoms with Crippen molar-refractivity contribution >= 4 is 15.7 Å². The molecule has 9 nitrogen and oxygen atoms in total. The highest BCUT2D eigenvalue weighted by atomic mass is 32.2. The van der Waals surface area contributed by atoms with Gasteiger partial charge in [-0.2, -0.15) is 14.1 Å². The summed E-state index contributed by atoms with van der Waals surface area (Å²) in [6.45, 7) is 4.11. The van der Waals surface area contributed by atoms with Crippen molar-refractivity contribution in [2.24, 2.45) is 0 Å². The van der Waals surface area contributed by atoms with Crippen LogP contribution < -0.4 is 15.2 Å². The molecular formula is C25H30N4O5S. The molecule has 3 aromatic rings. The number of rotatable bonds is 9. The van der Waals surface area contributed by atoms with Crippen molar-refractivity contribution < 1.29 is 17.9 Å². The molecule has 1 aromatic heterocycles. The van der Waals surface area contributed by atoms with Crippen LogP contribution in [0.4, 0.5) is 5.69 Å². The number of anilines is 1. The van der Waals surface area contributed by atoms with Gasteiger partial charge in [0.1, 0.15) is 11.8 Å². The molecule has 186 valence electrons. The van der Waals surface area contributed by atoms with Gasteiger partial charge in [0, 0.05) is 26.2 Å². The highest BCUT2D eigenvalue weighted by Crippen LogP contribution is 2.27. The molecule has 0 unspecified atom stereocenters. The zero-order valence-electron chi connectivity index (χ0n) is 19.9. The van der Waals surface area contributed by atoms with Crippen LogP contribution in [0.25, 0.3) is 5.69 Å². The van der Waals surface area contributed by atoms with Gasteiger partial charge in [-0.3, -0.25) is 4.79 Å². The second-order valence-corrected chi connectivity index (χ2v) is 10.5. The fourth-order valence-electron chi connectivity index (χ4n) is 3.93. The first-order valence-corrected chi connectivity index (χ1v) is 13.3. The molecule has 0 radical (unpaired) electrons. The van der Waals surface area contributed by atoms with Gasteiger partial charge in [0.05, 0.1) is 31.4 Å². The fourth-order valence-corrected chi connectivity index (χ4v) is 4.76. The second kappa shape index (κ2) is 11.0. The maximum atomic E-state index is 13.5. The minimum absolute atomic E-state index is 0.174. The summed E-state index contributed by atoms with van der Waals surface area (Å²) in [5.74, 6) is 0.174. The van der Waals surface area contributed by atoms with Gasteiger partial charge in [0.2, 0.25) is 15.8 Å². The van der Waals surface area contributed by atoms with E-state index in [2.05, 4.69) is 5.10 Å². The van der Waals surface area contributed by atoms with Crippen molar-refractivity contribution in [3.8, 4) is 11.4 Å². The average Bonchev–Trinajstić information content (AvgIpc) is 2.86. The van der Waals surface area contributed by atoms with Crippen LogP contribution in [0.5, 0.6) is 5.75 Å². The van der Waals surface area contributed by atoms with Gasteiger partial charge in [-0.1, -0.05) is 48.5 Å². The molecule has 4 rings (SSSR count). The van der Waals surface area contributed by atoms with E-state index in [1.807, 2.05) is 60.4 Å². The SMILES string of the molecule is C[C@H](COCc1ccccc1)Oc1c(N2CCN(S(C)(=O)=O)CC2)cnn(-c2ccccc2)c1=O. The Bertz CT molecular complexity index is 1270. The lowest BCUT2D eigenvalue weighted by Crippen LogP contribution is -2.49. The van der Waals surface area contributed by atoms with E-state index in [-0.39, 0.29) is 11.3 Å². The van der Waals surface area contributed by atoms with E-state index in [4.69, 9.17) is 9.47 Å². The molecule has 1 fully saturated rings. The van der Waals surface area contributed by atoms with E-state index < -0.39 is 16.1 Å². The minimum atomic E-state index is -3.27. The van der Waals surface area contributed by atoms with Crippen molar-refractivity contribution in [2.75, 3.05) is 43.9 Å². The van der Waals surface area contributed by atoms with Gasteiger partial charge in [-0.15, -0.1) is 0 Å². The summed E-state index contributed by atoms with van der Waals surface area (Å²) in [6.07, 6.45) is 2.42. The molecule has 0 bridgehead atoms. The Morgan fingerprint density at radius 2 is 1.60 bits per heavy atom. The number of aromatic nitrogens is 2. The molecule has 1 aliphatic rings. The molecule has 10 heteroatoms. The molecule has 0 saturated carbocycles. The number of benzene rings is 2. The van der Waals surface area contributed by atoms with Crippen molar-refractivity contribution in [3.05, 3.63) is 82.8 Å². The van der Waals surface area contributed by atoms with Crippen LogP contribution in [-0.4, -0.2) is 67.6 Å². The summed E-state index contributed by atoms with van der Waals surface area (Å²) in [5.41, 5.74) is 1.85. The van der Waals surface area contributed by atoms with Crippen LogP contribution >= 0.6 is 0 Å². The topological polar surface area (TPSA) is 94.0 Å². The number of hydrogen-bond donors (Lipinski definition) is 0. The molecule has 1 saturated heterocycles. The molecule has 0 N–H and O–H groups in total. The van der Waals surface area contributed by atoms with Gasteiger partial charge in [0.25, 0.3) is 0 Å². The van der Waals surface area contributed by atoms with E-state index in [9.17, 15) is 13.2 Å². The molecular weight excluding hydrogens is 468 g/mol. The quantitative estimate of drug-likeness (QED) is 0.447. The number of para-hydroxylation sites is 1. The Kier molecular flexibility index (Phi) is 7.84. The molecule has 2 heterocycles. The number of sulfonamides is 1. The summed E-state index contributed by atoms with van der Waals surface area (Å²) in [6, 6.07) is 19.0. The monoisotopic (exact) mass is 498 g/mol. The van der Waals surface area contributed by atoms with E-state index >= 15 is 0 Å². The smallest absolute Gasteiger partial charge is 0.316 e. The van der Waals surface area contributed by atoms with Crippen LogP contribution in [0.3, 0.4) is 0 Å². The molecule has 1 atom stereocenters. The van der Waals surface area contributed by atoms with Crippen molar-refractivity contribution in [2.45, 2.75) is 19.6 Å². The number of hydrogen-bond acceptors (Lipinski definition) is 7. The molecule has 0 amide bonds. The van der Waals surface area contributed by atoms with Crippen LogP contribution in [-0.2, 0) is 21.4 Å². The molecule has 0 spiro atoms. The van der Waals surface area contributed by atoms with Gasteiger partial charge >= 0.3 is 5.56 Å². The van der Waals surface area contributed by atoms with Crippen LogP contribution in [0.15, 0.2) is 71.7 Å². The zero-order valence-corrected chi connectivity index (χ0v) is 20.7. The first-order valence-electron chi connectivity index (χ1n) is 11.5. The Hall–Kier alpha value is -3.21. The van der Waals surface area contributed by atoms with E-state index in [1.54, 1.807) is 18.3 Å². The molecule has 35 heavy (non-hydrogen) atoms. The fraction of sp³-hybridized carbons (Fsp3) is 0.360. The third-order valence-corrected chi connectivity index (χ3v) is 7.05. The lowest BCUT2D eigenvalue weighted by Gasteiger charge is -2.35. The predicted octanol–water partition coefficient (Wildman–Crippen LogP) is 2.30. The van der Waals surface area contributed by atoms with Gasteiger partial charge in [-0.05, 0) is 24.6 Å². The van der Waals surface area contributed by atoms with Crippen LogP contribution in [0.1, 0.15) is 12.5 Å². The normalized spacial score (nSPS) is 15.7. The number of ether oxygens (including phenoxy) is 2. The zero-order chi connectivity index (χ0) is 24.8. The first-order chi connectivity index (χ1) is 16.8. The Labute approximate surface area is 205 Å². The standard InChI is InChI=1S/C25H30N4O5S/c1-20(18-33-19-21-9-5-3-6-10-21)34-24-23(27-13-15-28(16-14-27)35(2,31)32)17-26-29(25(24)30)22-11-7-4-8-12-22/h3-12,17,20H,13-16,18-19H2,1-2H3/t20-/m1/s1. The van der Waals surface area contributed by atoms with Gasteiger partial charge in [-0.25, -0.2) is 8.42 Å². The van der Waals surface area contributed by atoms with Crippen molar-refractivity contribution in [1.29, 1.82) is 0 Å². The lowest BCUT2D eigenvalue weighted by molar-refractivity contribution is 0.0486. The lowest BCUT2D eigenvalue weighted by atomic mass is 10.2. The number of piperazine rings is 1. The summed E-state index contributed by atoms with van der Waals surface area (Å²) in [7, 11) is -3.27. The molecule has 1 aliphatic heterocycles. The van der Waals surface area contributed by atoms with E-state index in [0.717, 1.165) is 5.56 Å². The summed E-state index contributed by atoms with van der Waals surface area (Å²) < 4.78 is 38.5. The summed E-state index contributed by atoms with van der Waals surface area (Å²) in [4.78, 5) is 15.4. The first kappa shape index (κ1) is 24.9. The predicted molar refractivity (Wildman–Crippen MR) is 135 cm³/mol. The average molecular weight is 499 g/mol. The third-order valence-electron chi connectivity index (χ3n) is 5.75.